The Morgan fingerprint density at radius 3 is 2.50 bits per heavy atom. The monoisotopic (exact) mass is 363 g/mol. The number of thiophene rings is 1. The van der Waals surface area contributed by atoms with Gasteiger partial charge in [0.2, 0.25) is 0 Å². The van der Waals surface area contributed by atoms with E-state index >= 15 is 0 Å². The maximum absolute atomic E-state index is 12.9. The van der Waals surface area contributed by atoms with Crippen molar-refractivity contribution in [2.24, 2.45) is 0 Å². The molecule has 0 aliphatic carbocycles. The van der Waals surface area contributed by atoms with E-state index in [9.17, 15) is 13.2 Å². The van der Waals surface area contributed by atoms with Crippen LogP contribution in [0.5, 0.6) is 0 Å². The molecule has 108 valence electrons. The Bertz CT molecular complexity index is 607. The van der Waals surface area contributed by atoms with E-state index in [1.165, 1.54) is 23.5 Å². The Kier molecular flexibility index (Phi) is 4.56. The molecule has 0 amide bonds. The predicted molar refractivity (Wildman–Crippen MR) is 79.9 cm³/mol. The molecule has 0 spiro atoms. The molecule has 1 N–H and O–H groups in total. The van der Waals surface area contributed by atoms with Gasteiger partial charge in [0.15, 0.2) is 0 Å². The summed E-state index contributed by atoms with van der Waals surface area (Å²) >= 11 is 4.45. The Hall–Kier alpha value is -0.850. The number of benzene rings is 1. The summed E-state index contributed by atoms with van der Waals surface area (Å²) in [4.78, 5) is 1.93. The molecule has 2 aromatic rings. The smallest absolute Gasteiger partial charge is 0.313 e. The molecule has 0 bridgehead atoms. The lowest BCUT2D eigenvalue weighted by Gasteiger charge is -2.10. The van der Waals surface area contributed by atoms with Crippen LogP contribution in [0.1, 0.15) is 23.4 Å². The van der Waals surface area contributed by atoms with Crippen LogP contribution in [0.2, 0.25) is 0 Å². The third kappa shape index (κ3) is 3.24. The van der Waals surface area contributed by atoms with E-state index < -0.39 is 11.7 Å². The van der Waals surface area contributed by atoms with E-state index in [0.29, 0.717) is 5.56 Å². The van der Waals surface area contributed by atoms with Gasteiger partial charge in [0.05, 0.1) is 5.56 Å². The van der Waals surface area contributed by atoms with E-state index in [-0.39, 0.29) is 10.5 Å². The van der Waals surface area contributed by atoms with Crippen molar-refractivity contribution in [2.45, 2.75) is 19.1 Å². The molecule has 0 saturated carbocycles. The summed E-state index contributed by atoms with van der Waals surface area (Å²) in [6.45, 7) is 2.01. The lowest BCUT2D eigenvalue weighted by molar-refractivity contribution is -0.138. The highest BCUT2D eigenvalue weighted by molar-refractivity contribution is 9.10. The standard InChI is InChI=1S/C14H13BrF3NS/c1-8(19-2)12-5-6-13(20-12)9-3-4-11(15)10(7-9)14(16,17)18/h3-8,19H,1-2H3. The molecule has 6 heteroatoms. The first-order chi connectivity index (χ1) is 9.32. The number of halogens is 4. The first kappa shape index (κ1) is 15.5. The normalized spacial score (nSPS) is 13.5. The van der Waals surface area contributed by atoms with Crippen LogP contribution in [-0.2, 0) is 6.18 Å². The minimum atomic E-state index is -4.35. The van der Waals surface area contributed by atoms with E-state index in [0.717, 1.165) is 9.75 Å². The van der Waals surface area contributed by atoms with Crippen molar-refractivity contribution >= 4 is 27.3 Å². The molecular weight excluding hydrogens is 351 g/mol. The zero-order chi connectivity index (χ0) is 14.9. The van der Waals surface area contributed by atoms with Gasteiger partial charge in [-0.05, 0) is 43.8 Å². The van der Waals surface area contributed by atoms with Crippen LogP contribution < -0.4 is 5.32 Å². The van der Waals surface area contributed by atoms with Gasteiger partial charge in [0, 0.05) is 20.3 Å². The molecular formula is C14H13BrF3NS. The molecule has 0 saturated heterocycles. The summed E-state index contributed by atoms with van der Waals surface area (Å²) < 4.78 is 38.8. The highest BCUT2D eigenvalue weighted by Gasteiger charge is 2.33. The number of alkyl halides is 3. The maximum atomic E-state index is 12.9. The van der Waals surface area contributed by atoms with E-state index in [2.05, 4.69) is 21.2 Å². The van der Waals surface area contributed by atoms with Crippen molar-refractivity contribution in [3.8, 4) is 10.4 Å². The number of hydrogen-bond acceptors (Lipinski definition) is 2. The second-order valence-electron chi connectivity index (χ2n) is 4.40. The molecule has 0 radical (unpaired) electrons. The van der Waals surface area contributed by atoms with Crippen molar-refractivity contribution in [1.29, 1.82) is 0 Å². The van der Waals surface area contributed by atoms with Gasteiger partial charge in [-0.25, -0.2) is 0 Å². The second-order valence-corrected chi connectivity index (χ2v) is 6.37. The lowest BCUT2D eigenvalue weighted by Crippen LogP contribution is -2.10. The average Bonchev–Trinajstić information content (AvgIpc) is 2.86. The zero-order valence-electron chi connectivity index (χ0n) is 10.9. The van der Waals surface area contributed by atoms with Gasteiger partial charge in [-0.1, -0.05) is 22.0 Å². The van der Waals surface area contributed by atoms with Crippen molar-refractivity contribution in [2.75, 3.05) is 7.05 Å². The minimum absolute atomic E-state index is 0.0640. The second kappa shape index (κ2) is 5.87. The fourth-order valence-electron chi connectivity index (χ4n) is 1.78. The number of rotatable bonds is 3. The summed E-state index contributed by atoms with van der Waals surface area (Å²) in [7, 11) is 1.85. The van der Waals surface area contributed by atoms with Crippen LogP contribution in [0.3, 0.4) is 0 Å². The van der Waals surface area contributed by atoms with E-state index in [1.54, 1.807) is 6.07 Å². The minimum Gasteiger partial charge on any atom is -0.313 e. The summed E-state index contributed by atoms with van der Waals surface area (Å²) in [6.07, 6.45) is -4.35. The molecule has 0 fully saturated rings. The van der Waals surface area contributed by atoms with Crippen LogP contribution in [0.25, 0.3) is 10.4 Å². The zero-order valence-corrected chi connectivity index (χ0v) is 13.3. The molecule has 1 nitrogen and oxygen atoms in total. The highest BCUT2D eigenvalue weighted by Crippen LogP contribution is 2.39. The number of hydrogen-bond donors (Lipinski definition) is 1. The SMILES string of the molecule is CNC(C)c1ccc(-c2ccc(Br)c(C(F)(F)F)c2)s1. The van der Waals surface area contributed by atoms with E-state index in [4.69, 9.17) is 0 Å². The molecule has 1 atom stereocenters. The third-order valence-corrected chi connectivity index (χ3v) is 5.05. The Balaban J connectivity index is 2.41. The molecule has 1 aromatic heterocycles. The van der Waals surface area contributed by atoms with Crippen LogP contribution >= 0.6 is 27.3 Å². The summed E-state index contributed by atoms with van der Waals surface area (Å²) in [5, 5.41) is 3.11. The van der Waals surface area contributed by atoms with Gasteiger partial charge in [0.25, 0.3) is 0 Å². The van der Waals surface area contributed by atoms with Crippen molar-refractivity contribution in [1.82, 2.24) is 5.32 Å². The topological polar surface area (TPSA) is 12.0 Å². The van der Waals surface area contributed by atoms with Crippen LogP contribution in [-0.4, -0.2) is 7.05 Å². The van der Waals surface area contributed by atoms with Gasteiger partial charge in [-0.15, -0.1) is 11.3 Å². The highest BCUT2D eigenvalue weighted by atomic mass is 79.9. The molecule has 0 aliphatic rings. The third-order valence-electron chi connectivity index (χ3n) is 3.04. The quantitative estimate of drug-likeness (QED) is 0.761. The first-order valence-electron chi connectivity index (χ1n) is 5.97. The molecule has 0 aliphatic heterocycles. The van der Waals surface area contributed by atoms with E-state index in [1.807, 2.05) is 26.1 Å². The predicted octanol–water partition coefficient (Wildman–Crippen LogP) is 5.48. The van der Waals surface area contributed by atoms with Crippen molar-refractivity contribution < 1.29 is 13.2 Å². The molecule has 1 heterocycles. The van der Waals surface area contributed by atoms with Crippen LogP contribution in [0.4, 0.5) is 13.2 Å². The van der Waals surface area contributed by atoms with Gasteiger partial charge < -0.3 is 5.32 Å². The first-order valence-corrected chi connectivity index (χ1v) is 7.58. The fourth-order valence-corrected chi connectivity index (χ4v) is 3.32. The largest absolute Gasteiger partial charge is 0.417 e. The van der Waals surface area contributed by atoms with Crippen LogP contribution in [0, 0.1) is 0 Å². The Labute approximate surface area is 128 Å². The average molecular weight is 364 g/mol. The Morgan fingerprint density at radius 2 is 1.90 bits per heavy atom. The van der Waals surface area contributed by atoms with Gasteiger partial charge in [0.1, 0.15) is 0 Å². The van der Waals surface area contributed by atoms with Gasteiger partial charge >= 0.3 is 6.18 Å². The number of nitrogens with one attached hydrogen (secondary N) is 1. The van der Waals surface area contributed by atoms with Crippen molar-refractivity contribution in [3.63, 3.8) is 0 Å². The summed E-state index contributed by atoms with van der Waals surface area (Å²) in [6, 6.07) is 8.31. The lowest BCUT2D eigenvalue weighted by atomic mass is 10.1. The molecule has 1 aromatic carbocycles. The molecule has 2 rings (SSSR count). The van der Waals surface area contributed by atoms with Crippen LogP contribution in [0.15, 0.2) is 34.8 Å². The summed E-state index contributed by atoms with van der Waals surface area (Å²) in [5.74, 6) is 0. The fraction of sp³-hybridized carbons (Fsp3) is 0.286. The molecule has 1 unspecified atom stereocenters. The summed E-state index contributed by atoms with van der Waals surface area (Å²) in [5.41, 5.74) is -0.0632. The van der Waals surface area contributed by atoms with Gasteiger partial charge in [-0.2, -0.15) is 13.2 Å². The van der Waals surface area contributed by atoms with Gasteiger partial charge in [-0.3, -0.25) is 0 Å². The maximum Gasteiger partial charge on any atom is 0.417 e. The molecule has 20 heavy (non-hydrogen) atoms. The Morgan fingerprint density at radius 1 is 1.20 bits per heavy atom. The van der Waals surface area contributed by atoms with Crippen molar-refractivity contribution in [3.05, 3.63) is 45.2 Å².